The van der Waals surface area contributed by atoms with E-state index in [1.54, 1.807) is 0 Å². The minimum Gasteiger partial charge on any atom is -0.396 e. The minimum absolute atomic E-state index is 0.281. The molecule has 0 amide bonds. The van der Waals surface area contributed by atoms with E-state index in [9.17, 15) is 0 Å². The molecule has 0 aromatic carbocycles. The van der Waals surface area contributed by atoms with Crippen LogP contribution in [0.15, 0.2) is 0 Å². The van der Waals surface area contributed by atoms with Gasteiger partial charge in [-0.1, -0.05) is 103 Å². The number of aliphatic hydroxyl groups is 1. The fourth-order valence-electron chi connectivity index (χ4n) is 10.0. The summed E-state index contributed by atoms with van der Waals surface area (Å²) in [5.74, 6) is 0. The Morgan fingerprint density at radius 3 is 0.686 bits per heavy atom. The zero-order chi connectivity index (χ0) is 91.6. The zero-order valence-corrected chi connectivity index (χ0v) is 78.2. The Bertz CT molecular complexity index is 1330. The lowest BCUT2D eigenvalue weighted by Gasteiger charge is -2.24. The minimum atomic E-state index is 0.281. The number of rotatable bonds is 63. The molecule has 0 aromatic heterocycles. The first-order valence-corrected chi connectivity index (χ1v) is 46.4. The van der Waals surface area contributed by atoms with E-state index in [1.165, 1.54) is 129 Å². The maximum absolute atomic E-state index is 8.25. The van der Waals surface area contributed by atoms with Gasteiger partial charge in [0.25, 0.3) is 0 Å². The lowest BCUT2D eigenvalue weighted by atomic mass is 9.92. The summed E-state index contributed by atoms with van der Waals surface area (Å²) in [4.78, 5) is 6.67. The lowest BCUT2D eigenvalue weighted by Crippen LogP contribution is -2.43. The van der Waals surface area contributed by atoms with Crippen LogP contribution in [0.25, 0.3) is 0 Å². The first kappa shape index (κ1) is 142. The number of unbranched alkanes of at least 4 members (excludes halogenated alkanes) is 15. The van der Waals surface area contributed by atoms with Gasteiger partial charge in [-0.25, -0.2) is 0 Å². The van der Waals surface area contributed by atoms with E-state index in [1.807, 2.05) is 21.1 Å². The van der Waals surface area contributed by atoms with Crippen molar-refractivity contribution in [2.75, 3.05) is 303 Å². The Kier molecular flexibility index (Phi) is 185. The molecular weight excluding hydrogens is 1490 g/mol. The zero-order valence-electron chi connectivity index (χ0n) is 78.2. The van der Waals surface area contributed by atoms with Gasteiger partial charge in [-0.3, -0.25) is 4.90 Å². The van der Waals surface area contributed by atoms with Crippen molar-refractivity contribution in [3.05, 3.63) is 0 Å². The summed E-state index contributed by atoms with van der Waals surface area (Å²) in [5, 5.41) is 30.1. The van der Waals surface area contributed by atoms with Crippen LogP contribution in [-0.4, -0.2) is 347 Å². The molecule has 0 aromatic rings. The summed E-state index contributed by atoms with van der Waals surface area (Å²) in [7, 11) is 5.82. The predicted molar refractivity (Wildman–Crippen MR) is 525 cm³/mol. The predicted octanol–water partition coefficient (Wildman–Crippen LogP) is -6.12. The number of hydrogen-bond acceptors (Lipinski definition) is 37. The van der Waals surface area contributed by atoms with Crippen LogP contribution in [0.4, 0.5) is 0 Å². The third-order valence-electron chi connectivity index (χ3n) is 17.0. The average Bonchev–Trinajstić information content (AvgIpc) is 0.948. The molecule has 60 N–H and O–H groups in total. The first-order chi connectivity index (χ1) is 57.3. The third kappa shape index (κ3) is 176. The molecule has 2 aliphatic carbocycles. The molecule has 37 nitrogen and oxygen atoms in total. The maximum atomic E-state index is 8.25. The molecule has 0 bridgehead atoms. The monoisotopic (exact) mass is 1720 g/mol. The van der Waals surface area contributed by atoms with E-state index in [0.717, 1.165) is 287 Å². The van der Waals surface area contributed by atoms with Gasteiger partial charge in [-0.15, -0.1) is 0 Å². The van der Waals surface area contributed by atoms with Crippen LogP contribution in [0.2, 0.25) is 0 Å². The van der Waals surface area contributed by atoms with E-state index >= 15 is 0 Å². The average molecular weight is 1720 g/mol. The van der Waals surface area contributed by atoms with Crippen LogP contribution in [0.1, 0.15) is 200 Å². The first-order valence-electron chi connectivity index (χ1n) is 46.4. The van der Waals surface area contributed by atoms with E-state index in [2.05, 4.69) is 58.8 Å². The summed E-state index contributed by atoms with van der Waals surface area (Å²) >= 11 is 0. The van der Waals surface area contributed by atoms with Crippen LogP contribution in [0.5, 0.6) is 0 Å². The Hall–Kier alpha value is -1.48. The van der Waals surface area contributed by atoms with Gasteiger partial charge in [0.1, 0.15) is 0 Å². The van der Waals surface area contributed by atoms with Crippen molar-refractivity contribution in [3.63, 3.8) is 0 Å². The molecule has 732 valence electrons. The molecule has 0 saturated heterocycles. The number of likely N-dealkylation sites (N-methyl/N-ethyl adjacent to an activating group) is 2. The van der Waals surface area contributed by atoms with Crippen molar-refractivity contribution < 1.29 is 5.11 Å². The molecule has 0 radical (unpaired) electrons. The van der Waals surface area contributed by atoms with Gasteiger partial charge >= 0.3 is 0 Å². The van der Waals surface area contributed by atoms with Gasteiger partial charge in [-0.2, -0.15) is 0 Å². The van der Waals surface area contributed by atoms with Gasteiger partial charge in [0.05, 0.1) is 0 Å². The Labute approximate surface area is 729 Å². The van der Waals surface area contributed by atoms with Crippen molar-refractivity contribution in [1.29, 1.82) is 0 Å². The number of aliphatic hydroxyl groups excluding tert-OH is 1. The second-order valence-corrected chi connectivity index (χ2v) is 28.7. The molecule has 2 aliphatic rings. The van der Waals surface area contributed by atoms with Gasteiger partial charge in [-0.05, 0) is 196 Å². The van der Waals surface area contributed by atoms with Crippen molar-refractivity contribution in [2.45, 2.75) is 224 Å². The molecule has 4 atom stereocenters. The molecule has 0 heterocycles. The SMILES string of the molecule is CCCCCCCCCCCCN(CCN)CCN.CN(CCN)CCN.CNCCCN.CNCCN.NCCCCCNCCN.NCCCCCO.NCCCN.NCCCNCCN.NCCN.NCCN(CCN)CCN.NCCNCCCCCNCCN.NCCNCCN.N[C@@H]1CCCC[C@@H]1N.N[C@@H]1CCCC[C@H]1N. The topological polar surface area (TPSA) is 791 Å². The van der Waals surface area contributed by atoms with E-state index < -0.39 is 0 Å². The second-order valence-electron chi connectivity index (χ2n) is 28.7. The summed E-state index contributed by atoms with van der Waals surface area (Å²) in [6.45, 7) is 37.7. The van der Waals surface area contributed by atoms with Gasteiger partial charge < -0.3 is 201 Å². The van der Waals surface area contributed by atoms with Crippen LogP contribution in [-0.2, 0) is 0 Å². The molecule has 0 aliphatic heterocycles. The second kappa shape index (κ2) is 153. The van der Waals surface area contributed by atoms with Crippen molar-refractivity contribution in [3.8, 4) is 0 Å². The van der Waals surface area contributed by atoms with E-state index in [0.29, 0.717) is 59.0 Å². The fourth-order valence-corrected chi connectivity index (χ4v) is 10.0. The van der Waals surface area contributed by atoms with Crippen molar-refractivity contribution in [1.82, 2.24) is 51.9 Å². The molecule has 2 fully saturated rings. The molecule has 0 unspecified atom stereocenters. The smallest absolute Gasteiger partial charge is 0.0431 e. The Morgan fingerprint density at radius 2 is 0.466 bits per heavy atom. The lowest BCUT2D eigenvalue weighted by molar-refractivity contribution is 0.281. The Balaban J connectivity index is -0.000000104. The molecular formula is C81H222N36O. The van der Waals surface area contributed by atoms with Gasteiger partial charge in [0.15, 0.2) is 0 Å². The van der Waals surface area contributed by atoms with Gasteiger partial charge in [0, 0.05) is 227 Å². The number of nitrogens with one attached hydrogen (secondary N) is 7. The highest BCUT2D eigenvalue weighted by Crippen LogP contribution is 2.15. The summed E-state index contributed by atoms with van der Waals surface area (Å²) < 4.78 is 0. The fraction of sp³-hybridized carbons (Fsp3) is 1.00. The molecule has 37 heteroatoms. The highest BCUT2D eigenvalue weighted by Gasteiger charge is 2.17. The van der Waals surface area contributed by atoms with Crippen LogP contribution in [0.3, 0.4) is 0 Å². The Morgan fingerprint density at radius 1 is 0.229 bits per heavy atom. The van der Waals surface area contributed by atoms with Crippen LogP contribution in [0, 0.1) is 0 Å². The number of hydrogen-bond donors (Lipinski definition) is 34. The standard InChI is InChI=1S/C16H37N3.C9H24N4.C7H19N3.C6H18N4.2C6H14N2.2C5H15N3.C5H13NO.C4H13N3.C4H12N2.2C3H10N2.C2H8N2/c1-2-3-4-5-6-7-8-9-10-11-14-19(15-12-17)16-13-18;10-4-8-12-6-2-1-3-7-13-9-5-11;8-4-2-1-3-6-10-7-5-9;7-1-4-10(5-2-8)6-3-9;2*7-5-3-1-2-4-6(5)8;1-8(4-2-6)5-3-7;6-2-1-4-8-5-3-7;6-4-2-1-3-5-7;5-1-3-7-4-2-6;1-6-4-2-3-5;1-5-3-2-4;4-2-1-3-5;3-1-2-4/h2-18H2,1H3;12-13H,1-11H2;10H,1-9H2;1-9H2;2*5-6H,1-4,7-8H2;2-7H2,1H3;8H,1-7H2;2*7H,1-6H2;6H,2-5H2,1H3;5H,2-4H2,1H3;1-5H2;1-4H2/t;;;;5-,6+;5-,6-;;;;;;;;/m.....1......../s1. The van der Waals surface area contributed by atoms with Crippen molar-refractivity contribution >= 4 is 0 Å². The quantitative estimate of drug-likeness (QED) is 0.0252. The van der Waals surface area contributed by atoms with Crippen molar-refractivity contribution in [2.24, 2.45) is 149 Å². The van der Waals surface area contributed by atoms with Crippen LogP contribution >= 0.6 is 0 Å². The largest absolute Gasteiger partial charge is 0.396 e. The van der Waals surface area contributed by atoms with E-state index in [4.69, 9.17) is 154 Å². The third-order valence-corrected chi connectivity index (χ3v) is 17.0. The summed E-state index contributed by atoms with van der Waals surface area (Å²) in [6, 6.07) is 1.12. The molecule has 118 heavy (non-hydrogen) atoms. The number of nitrogens with zero attached hydrogens (tertiary/aromatic N) is 3. The van der Waals surface area contributed by atoms with Gasteiger partial charge in [0.2, 0.25) is 0 Å². The highest BCUT2D eigenvalue weighted by molar-refractivity contribution is 4.81. The molecule has 2 rings (SSSR count). The molecule has 2 saturated carbocycles. The maximum Gasteiger partial charge on any atom is 0.0431 e. The molecule has 0 spiro atoms. The summed E-state index contributed by atoms with van der Waals surface area (Å²) in [6.07, 6.45) is 37.0. The highest BCUT2D eigenvalue weighted by atomic mass is 16.3. The van der Waals surface area contributed by atoms with Crippen LogP contribution < -0.4 is 186 Å². The normalized spacial score (nSPS) is 14.1. The van der Waals surface area contributed by atoms with E-state index in [-0.39, 0.29) is 24.2 Å². The summed E-state index contributed by atoms with van der Waals surface area (Å²) in [5.41, 5.74) is 138. The number of nitrogens with two attached hydrogens (primary N) is 26.